The lowest BCUT2D eigenvalue weighted by molar-refractivity contribution is 0.0824. The molecule has 1 heterocycles. The minimum Gasteiger partial charge on any atom is -0.390 e. The molecule has 0 aliphatic heterocycles. The van der Waals surface area contributed by atoms with Crippen LogP contribution in [0.1, 0.15) is 17.4 Å². The predicted molar refractivity (Wildman–Crippen MR) is 76.9 cm³/mol. The molecule has 5 heteroatoms. The quantitative estimate of drug-likeness (QED) is 0.855. The molecule has 0 spiro atoms. The maximum Gasteiger partial charge on any atom is 0.106 e. The maximum absolute atomic E-state index is 10.1. The summed E-state index contributed by atoms with van der Waals surface area (Å²) in [5.74, 6) is 0.980. The largest absolute Gasteiger partial charge is 0.390 e. The molecule has 2 atom stereocenters. The fourth-order valence-electron chi connectivity index (χ4n) is 2.51. The van der Waals surface area contributed by atoms with Gasteiger partial charge in [0.2, 0.25) is 0 Å². The van der Waals surface area contributed by atoms with Crippen LogP contribution < -0.4 is 5.73 Å². The van der Waals surface area contributed by atoms with E-state index >= 15 is 0 Å². The number of aryl methyl sites for hydroxylation is 2. The van der Waals surface area contributed by atoms with E-state index in [2.05, 4.69) is 9.55 Å². The normalized spacial score (nSPS) is 15.1. The fraction of sp³-hybridized carbons (Fsp3) is 0.500. The average Bonchev–Trinajstić information content (AvgIpc) is 2.64. The molecular weight excluding hydrogens is 240 g/mol. The van der Waals surface area contributed by atoms with Gasteiger partial charge >= 0.3 is 0 Å². The number of hydrogen-bond donors (Lipinski definition) is 2. The van der Waals surface area contributed by atoms with Gasteiger partial charge in [-0.25, -0.2) is 4.98 Å². The molecule has 5 nitrogen and oxygen atoms in total. The first kappa shape index (κ1) is 14.0. The summed E-state index contributed by atoms with van der Waals surface area (Å²) in [6, 6.07) is 6.00. The van der Waals surface area contributed by atoms with Crippen molar-refractivity contribution in [2.75, 3.05) is 20.6 Å². The molecule has 0 saturated heterocycles. The van der Waals surface area contributed by atoms with Crippen molar-refractivity contribution >= 4 is 11.0 Å². The van der Waals surface area contributed by atoms with Gasteiger partial charge in [0.25, 0.3) is 0 Å². The van der Waals surface area contributed by atoms with Gasteiger partial charge in [-0.3, -0.25) is 0 Å². The van der Waals surface area contributed by atoms with Crippen LogP contribution in [-0.4, -0.2) is 46.3 Å². The Morgan fingerprint density at radius 3 is 2.68 bits per heavy atom. The zero-order valence-corrected chi connectivity index (χ0v) is 12.0. The number of imidazole rings is 1. The summed E-state index contributed by atoms with van der Waals surface area (Å²) < 4.78 is 2.06. The molecule has 0 fully saturated rings. The van der Waals surface area contributed by atoms with Gasteiger partial charge in [0.1, 0.15) is 5.82 Å². The predicted octanol–water partition coefficient (Wildman–Crippen LogP) is 0.804. The summed E-state index contributed by atoms with van der Waals surface area (Å²) in [7, 11) is 5.89. The van der Waals surface area contributed by atoms with E-state index in [0.29, 0.717) is 0 Å². The molecule has 1 aromatic carbocycles. The van der Waals surface area contributed by atoms with E-state index in [4.69, 9.17) is 5.73 Å². The zero-order chi connectivity index (χ0) is 14.2. The molecule has 2 unspecified atom stereocenters. The Kier molecular flexibility index (Phi) is 3.89. The van der Waals surface area contributed by atoms with Crippen LogP contribution >= 0.6 is 0 Å². The highest BCUT2D eigenvalue weighted by molar-refractivity contribution is 5.77. The molecule has 2 aromatic rings. The van der Waals surface area contributed by atoms with Gasteiger partial charge in [-0.2, -0.15) is 0 Å². The number of hydrogen-bond acceptors (Lipinski definition) is 4. The number of aliphatic hydroxyl groups excluding tert-OH is 1. The first-order valence-electron chi connectivity index (χ1n) is 6.43. The second-order valence-electron chi connectivity index (χ2n) is 5.18. The molecule has 3 N–H and O–H groups in total. The minimum absolute atomic E-state index is 0.114. The van der Waals surface area contributed by atoms with Gasteiger partial charge in [0.05, 0.1) is 23.2 Å². The van der Waals surface area contributed by atoms with E-state index in [1.54, 1.807) is 0 Å². The van der Waals surface area contributed by atoms with Gasteiger partial charge < -0.3 is 20.3 Å². The van der Waals surface area contributed by atoms with E-state index < -0.39 is 6.10 Å². The first-order chi connectivity index (χ1) is 8.95. The van der Waals surface area contributed by atoms with Crippen molar-refractivity contribution in [3.05, 3.63) is 29.6 Å². The Balaban J connectivity index is 2.49. The van der Waals surface area contributed by atoms with E-state index in [9.17, 15) is 5.11 Å². The number of aromatic nitrogens is 2. The Labute approximate surface area is 113 Å². The molecular formula is C14H22N4O. The molecule has 2 rings (SSSR count). The summed E-state index contributed by atoms with van der Waals surface area (Å²) in [6.45, 7) is 2.22. The summed E-state index contributed by atoms with van der Waals surface area (Å²) >= 11 is 0. The number of nitrogens with zero attached hydrogens (tertiary/aromatic N) is 3. The SMILES string of the molecule is Cc1nc2cc(C(C(O)CN)N(C)C)ccc2n1C. The Hall–Kier alpha value is -1.43. The van der Waals surface area contributed by atoms with Crippen molar-refractivity contribution in [2.45, 2.75) is 19.1 Å². The van der Waals surface area contributed by atoms with Crippen LogP contribution in [0, 0.1) is 6.92 Å². The second kappa shape index (κ2) is 5.28. The summed E-state index contributed by atoms with van der Waals surface area (Å²) in [5, 5.41) is 10.1. The molecule has 0 bridgehead atoms. The van der Waals surface area contributed by atoms with Crippen LogP contribution in [0.3, 0.4) is 0 Å². The Morgan fingerprint density at radius 2 is 2.11 bits per heavy atom. The third-order valence-electron chi connectivity index (χ3n) is 3.63. The highest BCUT2D eigenvalue weighted by Gasteiger charge is 2.22. The second-order valence-corrected chi connectivity index (χ2v) is 5.18. The fourth-order valence-corrected chi connectivity index (χ4v) is 2.51. The van der Waals surface area contributed by atoms with E-state index in [1.165, 1.54) is 0 Å². The maximum atomic E-state index is 10.1. The van der Waals surface area contributed by atoms with Crippen LogP contribution in [0.2, 0.25) is 0 Å². The minimum atomic E-state index is -0.586. The van der Waals surface area contributed by atoms with Gasteiger partial charge in [0.15, 0.2) is 0 Å². The van der Waals surface area contributed by atoms with Crippen LogP contribution in [0.4, 0.5) is 0 Å². The van der Waals surface area contributed by atoms with Crippen molar-refractivity contribution in [2.24, 2.45) is 12.8 Å². The van der Waals surface area contributed by atoms with Gasteiger partial charge in [-0.1, -0.05) is 6.07 Å². The topological polar surface area (TPSA) is 67.3 Å². The van der Waals surface area contributed by atoms with Crippen molar-refractivity contribution < 1.29 is 5.11 Å². The standard InChI is InChI=1S/C14H22N4O/c1-9-16-11-7-10(5-6-12(11)18(9)4)14(17(2)3)13(19)8-15/h5-7,13-14,19H,8,15H2,1-4H3. The number of aliphatic hydroxyl groups is 1. The molecule has 1 aromatic heterocycles. The monoisotopic (exact) mass is 262 g/mol. The van der Waals surface area contributed by atoms with Crippen LogP contribution in [0.25, 0.3) is 11.0 Å². The summed E-state index contributed by atoms with van der Waals surface area (Å²) in [6.07, 6.45) is -0.586. The zero-order valence-electron chi connectivity index (χ0n) is 12.0. The third kappa shape index (κ3) is 2.49. The molecule has 0 amide bonds. The Morgan fingerprint density at radius 1 is 1.42 bits per heavy atom. The Bertz CT molecular complexity index is 576. The van der Waals surface area contributed by atoms with Gasteiger partial charge in [-0.15, -0.1) is 0 Å². The number of likely N-dealkylation sites (N-methyl/N-ethyl adjacent to an activating group) is 1. The average molecular weight is 262 g/mol. The third-order valence-corrected chi connectivity index (χ3v) is 3.63. The van der Waals surface area contributed by atoms with Crippen molar-refractivity contribution in [3.63, 3.8) is 0 Å². The van der Waals surface area contributed by atoms with Crippen LogP contribution in [0.15, 0.2) is 18.2 Å². The highest BCUT2D eigenvalue weighted by atomic mass is 16.3. The van der Waals surface area contributed by atoms with Crippen LogP contribution in [-0.2, 0) is 7.05 Å². The summed E-state index contributed by atoms with van der Waals surface area (Å²) in [5.41, 5.74) is 8.68. The smallest absolute Gasteiger partial charge is 0.106 e. The first-order valence-corrected chi connectivity index (χ1v) is 6.43. The number of benzene rings is 1. The number of nitrogens with two attached hydrogens (primary N) is 1. The van der Waals surface area contributed by atoms with Crippen molar-refractivity contribution in [1.82, 2.24) is 14.5 Å². The lowest BCUT2D eigenvalue weighted by atomic mass is 10.00. The molecule has 0 radical (unpaired) electrons. The molecule has 0 aliphatic rings. The van der Waals surface area contributed by atoms with E-state index in [0.717, 1.165) is 22.4 Å². The van der Waals surface area contributed by atoms with Gasteiger partial charge in [0, 0.05) is 13.6 Å². The van der Waals surface area contributed by atoms with E-state index in [1.807, 2.05) is 51.2 Å². The highest BCUT2D eigenvalue weighted by Crippen LogP contribution is 2.25. The molecule has 0 aliphatic carbocycles. The van der Waals surface area contributed by atoms with Crippen molar-refractivity contribution in [1.29, 1.82) is 0 Å². The number of fused-ring (bicyclic) bond motifs is 1. The molecule has 104 valence electrons. The molecule has 0 saturated carbocycles. The summed E-state index contributed by atoms with van der Waals surface area (Å²) in [4.78, 5) is 6.51. The van der Waals surface area contributed by atoms with E-state index in [-0.39, 0.29) is 12.6 Å². The molecule has 19 heavy (non-hydrogen) atoms. The lowest BCUT2D eigenvalue weighted by Crippen LogP contribution is -2.36. The van der Waals surface area contributed by atoms with Gasteiger partial charge in [-0.05, 0) is 38.7 Å². The van der Waals surface area contributed by atoms with Crippen molar-refractivity contribution in [3.8, 4) is 0 Å². The van der Waals surface area contributed by atoms with Crippen LogP contribution in [0.5, 0.6) is 0 Å². The number of rotatable bonds is 4. The lowest BCUT2D eigenvalue weighted by Gasteiger charge is -2.28.